The lowest BCUT2D eigenvalue weighted by Crippen LogP contribution is -2.41. The van der Waals surface area contributed by atoms with E-state index < -0.39 is 24.2 Å². The fraction of sp³-hybridized carbons (Fsp3) is 0.833. The van der Waals surface area contributed by atoms with Crippen molar-refractivity contribution < 1.29 is 19.7 Å². The van der Waals surface area contributed by atoms with Crippen molar-refractivity contribution in [2.75, 3.05) is 6.61 Å². The minimum Gasteiger partial charge on any atom is -0.480 e. The number of ether oxygens (including phenoxy) is 1. The van der Waals surface area contributed by atoms with Gasteiger partial charge in [0.05, 0.1) is 18.8 Å². The number of aliphatic carboxylic acids is 1. The standard InChI is InChI=1S/C6H11NO4/c7-5(6(9)10)4-1-3(8)2-11-4/h3-5,8H,1-2,7H2,(H,9,10)/t3-,4+,5-/m1/s1. The van der Waals surface area contributed by atoms with Gasteiger partial charge in [-0.05, 0) is 0 Å². The van der Waals surface area contributed by atoms with Crippen LogP contribution in [0, 0.1) is 0 Å². The van der Waals surface area contributed by atoms with Gasteiger partial charge in [-0.1, -0.05) is 0 Å². The first-order chi connectivity index (χ1) is 5.11. The second-order valence-corrected chi connectivity index (χ2v) is 2.63. The summed E-state index contributed by atoms with van der Waals surface area (Å²) in [5, 5.41) is 17.4. The van der Waals surface area contributed by atoms with E-state index in [1.807, 2.05) is 0 Å². The van der Waals surface area contributed by atoms with E-state index in [4.69, 9.17) is 20.7 Å². The van der Waals surface area contributed by atoms with Gasteiger partial charge in [-0.15, -0.1) is 0 Å². The first-order valence-electron chi connectivity index (χ1n) is 3.39. The van der Waals surface area contributed by atoms with E-state index >= 15 is 0 Å². The Morgan fingerprint density at radius 1 is 1.73 bits per heavy atom. The number of carboxylic acids is 1. The summed E-state index contributed by atoms with van der Waals surface area (Å²) in [5.74, 6) is -1.09. The third kappa shape index (κ3) is 1.89. The molecule has 1 saturated heterocycles. The highest BCUT2D eigenvalue weighted by atomic mass is 16.5. The first-order valence-corrected chi connectivity index (χ1v) is 3.39. The zero-order valence-corrected chi connectivity index (χ0v) is 5.93. The topological polar surface area (TPSA) is 92.8 Å². The molecule has 0 amide bonds. The van der Waals surface area contributed by atoms with Gasteiger partial charge in [0, 0.05) is 6.42 Å². The Hall–Kier alpha value is -0.650. The Labute approximate surface area is 63.8 Å². The molecule has 0 aromatic rings. The summed E-state index contributed by atoms with van der Waals surface area (Å²) in [5.41, 5.74) is 5.25. The Bertz CT molecular complexity index is 161. The fourth-order valence-corrected chi connectivity index (χ4v) is 1.05. The van der Waals surface area contributed by atoms with E-state index in [2.05, 4.69) is 0 Å². The van der Waals surface area contributed by atoms with Crippen molar-refractivity contribution in [1.29, 1.82) is 0 Å². The van der Waals surface area contributed by atoms with Crippen LogP contribution in [0.1, 0.15) is 6.42 Å². The van der Waals surface area contributed by atoms with E-state index in [1.54, 1.807) is 0 Å². The molecule has 3 atom stereocenters. The molecule has 0 radical (unpaired) electrons. The normalized spacial score (nSPS) is 33.6. The summed E-state index contributed by atoms with van der Waals surface area (Å²) >= 11 is 0. The van der Waals surface area contributed by atoms with E-state index in [-0.39, 0.29) is 6.61 Å². The Kier molecular flexibility index (Phi) is 2.43. The van der Waals surface area contributed by atoms with Crippen LogP contribution >= 0.6 is 0 Å². The maximum Gasteiger partial charge on any atom is 0.323 e. The largest absolute Gasteiger partial charge is 0.480 e. The highest BCUT2D eigenvalue weighted by Crippen LogP contribution is 2.15. The van der Waals surface area contributed by atoms with E-state index in [9.17, 15) is 4.79 Å². The summed E-state index contributed by atoms with van der Waals surface area (Å²) in [6.45, 7) is 0.186. The molecule has 0 spiro atoms. The molecule has 1 fully saturated rings. The van der Waals surface area contributed by atoms with Gasteiger partial charge in [0.25, 0.3) is 0 Å². The maximum absolute atomic E-state index is 10.3. The molecule has 0 bridgehead atoms. The number of hydrogen-bond acceptors (Lipinski definition) is 4. The Morgan fingerprint density at radius 3 is 2.73 bits per heavy atom. The van der Waals surface area contributed by atoms with Gasteiger partial charge in [-0.25, -0.2) is 0 Å². The van der Waals surface area contributed by atoms with E-state index in [0.717, 1.165) is 0 Å². The Balaban J connectivity index is 2.43. The third-order valence-corrected chi connectivity index (χ3v) is 1.69. The van der Waals surface area contributed by atoms with Gasteiger partial charge in [-0.3, -0.25) is 4.79 Å². The van der Waals surface area contributed by atoms with E-state index in [0.29, 0.717) is 6.42 Å². The minimum absolute atomic E-state index is 0.186. The zero-order chi connectivity index (χ0) is 8.43. The van der Waals surface area contributed by atoms with Crippen LogP contribution in [0.3, 0.4) is 0 Å². The number of rotatable bonds is 2. The monoisotopic (exact) mass is 161 g/mol. The molecule has 64 valence electrons. The molecule has 11 heavy (non-hydrogen) atoms. The summed E-state index contributed by atoms with van der Waals surface area (Å²) in [7, 11) is 0. The zero-order valence-electron chi connectivity index (χ0n) is 5.93. The summed E-state index contributed by atoms with van der Waals surface area (Å²) < 4.78 is 4.93. The molecule has 5 heteroatoms. The van der Waals surface area contributed by atoms with Crippen LogP contribution in [-0.2, 0) is 9.53 Å². The Morgan fingerprint density at radius 2 is 2.36 bits per heavy atom. The maximum atomic E-state index is 10.3. The molecule has 4 N–H and O–H groups in total. The van der Waals surface area contributed by atoms with Gasteiger partial charge in [-0.2, -0.15) is 0 Å². The van der Waals surface area contributed by atoms with Crippen LogP contribution in [0.25, 0.3) is 0 Å². The average Bonchev–Trinajstić information content (AvgIpc) is 2.34. The lowest BCUT2D eigenvalue weighted by atomic mass is 10.1. The van der Waals surface area contributed by atoms with Crippen molar-refractivity contribution in [3.05, 3.63) is 0 Å². The highest BCUT2D eigenvalue weighted by Gasteiger charge is 2.32. The average molecular weight is 161 g/mol. The molecule has 0 aliphatic carbocycles. The minimum atomic E-state index is -1.09. The van der Waals surface area contributed by atoms with Crippen molar-refractivity contribution in [2.45, 2.75) is 24.7 Å². The molecule has 0 saturated carbocycles. The predicted octanol–water partition coefficient (Wildman–Crippen LogP) is -1.45. The van der Waals surface area contributed by atoms with Crippen LogP contribution in [0.5, 0.6) is 0 Å². The number of hydrogen-bond donors (Lipinski definition) is 3. The molecule has 1 rings (SSSR count). The van der Waals surface area contributed by atoms with Crippen molar-refractivity contribution >= 4 is 5.97 Å². The second kappa shape index (κ2) is 3.17. The number of nitrogens with two attached hydrogens (primary N) is 1. The number of aliphatic hydroxyl groups excluding tert-OH is 1. The lowest BCUT2D eigenvalue weighted by Gasteiger charge is -2.12. The molecule has 0 unspecified atom stereocenters. The second-order valence-electron chi connectivity index (χ2n) is 2.63. The van der Waals surface area contributed by atoms with Crippen LogP contribution in [0.15, 0.2) is 0 Å². The van der Waals surface area contributed by atoms with Crippen LogP contribution < -0.4 is 5.73 Å². The van der Waals surface area contributed by atoms with E-state index in [1.165, 1.54) is 0 Å². The van der Waals surface area contributed by atoms with Crippen LogP contribution in [-0.4, -0.2) is 41.0 Å². The molecule has 1 heterocycles. The molecule has 1 aliphatic rings. The first kappa shape index (κ1) is 8.45. The molecule has 0 aromatic carbocycles. The highest BCUT2D eigenvalue weighted by molar-refractivity contribution is 5.73. The van der Waals surface area contributed by atoms with Gasteiger partial charge < -0.3 is 20.7 Å². The SMILES string of the molecule is N[C@@H](C(=O)O)[C@@H]1C[C@@H](O)CO1. The van der Waals surface area contributed by atoms with Crippen LogP contribution in [0.2, 0.25) is 0 Å². The molecule has 0 aromatic heterocycles. The molecule has 5 nitrogen and oxygen atoms in total. The van der Waals surface area contributed by atoms with Crippen molar-refractivity contribution in [3.63, 3.8) is 0 Å². The van der Waals surface area contributed by atoms with Crippen LogP contribution in [0.4, 0.5) is 0 Å². The fourth-order valence-electron chi connectivity index (χ4n) is 1.05. The number of aliphatic hydroxyl groups is 1. The quantitative estimate of drug-likeness (QED) is 0.460. The van der Waals surface area contributed by atoms with Crippen molar-refractivity contribution in [1.82, 2.24) is 0 Å². The van der Waals surface area contributed by atoms with Crippen molar-refractivity contribution in [3.8, 4) is 0 Å². The van der Waals surface area contributed by atoms with Gasteiger partial charge >= 0.3 is 5.97 Å². The molecular formula is C6H11NO4. The van der Waals surface area contributed by atoms with Gasteiger partial charge in [0.2, 0.25) is 0 Å². The molecule has 1 aliphatic heterocycles. The van der Waals surface area contributed by atoms with Crippen molar-refractivity contribution in [2.24, 2.45) is 5.73 Å². The summed E-state index contributed by atoms with van der Waals surface area (Å²) in [6, 6.07) is -1.02. The summed E-state index contributed by atoms with van der Waals surface area (Å²) in [4.78, 5) is 10.3. The van der Waals surface area contributed by atoms with Gasteiger partial charge in [0.15, 0.2) is 0 Å². The summed E-state index contributed by atoms with van der Waals surface area (Å²) in [6.07, 6.45) is -0.791. The third-order valence-electron chi connectivity index (χ3n) is 1.69. The number of carboxylic acid groups (broad SMARTS) is 1. The smallest absolute Gasteiger partial charge is 0.323 e. The predicted molar refractivity (Wildman–Crippen MR) is 36.0 cm³/mol. The number of carbonyl (C=O) groups is 1. The molecular weight excluding hydrogens is 150 g/mol. The lowest BCUT2D eigenvalue weighted by molar-refractivity contribution is -0.141. The van der Waals surface area contributed by atoms with Gasteiger partial charge in [0.1, 0.15) is 6.04 Å².